The second-order valence-electron chi connectivity index (χ2n) is 7.26. The predicted octanol–water partition coefficient (Wildman–Crippen LogP) is 4.04. The maximum atomic E-state index is 12.7. The Morgan fingerprint density at radius 3 is 3.00 bits per heavy atom. The lowest BCUT2D eigenvalue weighted by molar-refractivity contribution is 0.0319. The van der Waals surface area contributed by atoms with Gasteiger partial charge >= 0.3 is 5.97 Å². The summed E-state index contributed by atoms with van der Waals surface area (Å²) in [6.45, 7) is 3.94. The molecule has 0 saturated heterocycles. The van der Waals surface area contributed by atoms with Crippen molar-refractivity contribution in [3.63, 3.8) is 0 Å². The zero-order valence-corrected chi connectivity index (χ0v) is 16.9. The van der Waals surface area contributed by atoms with Crippen molar-refractivity contribution < 1.29 is 14.3 Å². The van der Waals surface area contributed by atoms with Crippen LogP contribution >= 0.6 is 11.3 Å². The number of nitrogens with one attached hydrogen (secondary N) is 1. The zero-order valence-electron chi connectivity index (χ0n) is 16.1. The van der Waals surface area contributed by atoms with Crippen molar-refractivity contribution in [1.29, 1.82) is 0 Å². The summed E-state index contributed by atoms with van der Waals surface area (Å²) in [5.74, 6) is 1.07. The van der Waals surface area contributed by atoms with Crippen LogP contribution in [0.5, 0.6) is 5.75 Å². The van der Waals surface area contributed by atoms with Gasteiger partial charge in [-0.2, -0.15) is 0 Å². The van der Waals surface area contributed by atoms with Crippen molar-refractivity contribution in [3.05, 3.63) is 56.4 Å². The van der Waals surface area contributed by atoms with Crippen LogP contribution < -0.4 is 10.3 Å². The molecule has 6 nitrogen and oxygen atoms in total. The van der Waals surface area contributed by atoms with Gasteiger partial charge in [-0.15, -0.1) is 11.3 Å². The number of nitrogens with zero attached hydrogens (tertiary/aromatic N) is 1. The third-order valence-electron chi connectivity index (χ3n) is 5.16. The fourth-order valence-electron chi connectivity index (χ4n) is 3.59. The fraction of sp³-hybridized carbons (Fsp3) is 0.381. The van der Waals surface area contributed by atoms with E-state index in [2.05, 4.69) is 16.9 Å². The number of aromatic amines is 1. The minimum absolute atomic E-state index is 0.156. The Morgan fingerprint density at radius 1 is 1.39 bits per heavy atom. The van der Waals surface area contributed by atoms with Gasteiger partial charge in [0.15, 0.2) is 11.9 Å². The highest BCUT2D eigenvalue weighted by molar-refractivity contribution is 7.18. The van der Waals surface area contributed by atoms with Crippen molar-refractivity contribution in [3.8, 4) is 5.75 Å². The van der Waals surface area contributed by atoms with Crippen LogP contribution in [0.25, 0.3) is 10.2 Å². The summed E-state index contributed by atoms with van der Waals surface area (Å²) in [6, 6.07) is 6.75. The number of carbonyl (C=O) groups is 1. The Labute approximate surface area is 166 Å². The number of carbonyl (C=O) groups excluding carboxylic acids is 1. The fourth-order valence-corrected chi connectivity index (χ4v) is 4.98. The molecule has 28 heavy (non-hydrogen) atoms. The molecule has 1 aliphatic rings. The Bertz CT molecular complexity index is 1100. The average Bonchev–Trinajstić information content (AvgIpc) is 3.05. The molecule has 0 bridgehead atoms. The van der Waals surface area contributed by atoms with Gasteiger partial charge in [-0.05, 0) is 55.9 Å². The highest BCUT2D eigenvalue weighted by Gasteiger charge is 2.24. The van der Waals surface area contributed by atoms with E-state index in [-0.39, 0.29) is 5.56 Å². The summed E-state index contributed by atoms with van der Waals surface area (Å²) < 4.78 is 10.7. The van der Waals surface area contributed by atoms with E-state index in [0.717, 1.165) is 29.7 Å². The second-order valence-corrected chi connectivity index (χ2v) is 8.35. The van der Waals surface area contributed by atoms with E-state index in [1.807, 2.05) is 0 Å². The van der Waals surface area contributed by atoms with Crippen LogP contribution in [-0.2, 0) is 17.6 Å². The average molecular weight is 398 g/mol. The molecule has 2 heterocycles. The number of thiophene rings is 1. The van der Waals surface area contributed by atoms with E-state index in [4.69, 9.17) is 9.47 Å². The zero-order chi connectivity index (χ0) is 19.8. The molecule has 2 aromatic heterocycles. The van der Waals surface area contributed by atoms with E-state index in [0.29, 0.717) is 28.4 Å². The summed E-state index contributed by atoms with van der Waals surface area (Å²) in [5, 5.41) is 0.696. The molecule has 0 unspecified atom stereocenters. The molecule has 7 heteroatoms. The highest BCUT2D eigenvalue weighted by Crippen LogP contribution is 2.36. The van der Waals surface area contributed by atoms with Crippen LogP contribution in [0, 0.1) is 5.92 Å². The van der Waals surface area contributed by atoms with Crippen molar-refractivity contribution >= 4 is 27.5 Å². The second kappa shape index (κ2) is 7.39. The van der Waals surface area contributed by atoms with E-state index in [9.17, 15) is 9.59 Å². The molecule has 0 aliphatic heterocycles. The lowest BCUT2D eigenvalue weighted by Crippen LogP contribution is -2.18. The summed E-state index contributed by atoms with van der Waals surface area (Å²) in [6.07, 6.45) is 2.33. The lowest BCUT2D eigenvalue weighted by Gasteiger charge is -2.17. The molecule has 1 aliphatic carbocycles. The van der Waals surface area contributed by atoms with Gasteiger partial charge in [0.25, 0.3) is 5.56 Å². The third kappa shape index (κ3) is 3.42. The number of ether oxygens (including phenoxy) is 2. The first-order chi connectivity index (χ1) is 13.5. The molecule has 2 atom stereocenters. The van der Waals surface area contributed by atoms with Crippen LogP contribution in [0.2, 0.25) is 0 Å². The maximum Gasteiger partial charge on any atom is 0.338 e. The number of fused-ring (bicyclic) bond motifs is 3. The Morgan fingerprint density at radius 2 is 2.21 bits per heavy atom. The first-order valence-electron chi connectivity index (χ1n) is 9.35. The summed E-state index contributed by atoms with van der Waals surface area (Å²) in [5.41, 5.74) is 1.37. The van der Waals surface area contributed by atoms with Gasteiger partial charge in [0.05, 0.1) is 18.1 Å². The van der Waals surface area contributed by atoms with Crippen LogP contribution in [0.4, 0.5) is 0 Å². The number of hydrogen-bond acceptors (Lipinski definition) is 6. The maximum absolute atomic E-state index is 12.7. The molecule has 0 spiro atoms. The van der Waals surface area contributed by atoms with Crippen LogP contribution in [0.1, 0.15) is 53.0 Å². The van der Waals surface area contributed by atoms with Gasteiger partial charge in [0.2, 0.25) is 0 Å². The number of rotatable bonds is 4. The minimum Gasteiger partial charge on any atom is -0.497 e. The van der Waals surface area contributed by atoms with Crippen molar-refractivity contribution in [2.24, 2.45) is 5.92 Å². The molecule has 0 saturated carbocycles. The first kappa shape index (κ1) is 18.7. The quantitative estimate of drug-likeness (QED) is 0.671. The van der Waals surface area contributed by atoms with Gasteiger partial charge in [-0.1, -0.05) is 13.0 Å². The molecular formula is C21H22N2O4S. The van der Waals surface area contributed by atoms with Crippen molar-refractivity contribution in [2.75, 3.05) is 7.11 Å². The van der Waals surface area contributed by atoms with Gasteiger partial charge < -0.3 is 14.5 Å². The van der Waals surface area contributed by atoms with Crippen LogP contribution in [-0.4, -0.2) is 23.0 Å². The molecule has 146 valence electrons. The lowest BCUT2D eigenvalue weighted by atomic mass is 9.89. The molecular weight excluding hydrogens is 376 g/mol. The normalized spacial score (nSPS) is 17.2. The highest BCUT2D eigenvalue weighted by atomic mass is 32.1. The number of H-pyrrole nitrogens is 1. The van der Waals surface area contributed by atoms with Gasteiger partial charge in [0.1, 0.15) is 10.6 Å². The number of aromatic nitrogens is 2. The summed E-state index contributed by atoms with van der Waals surface area (Å²) >= 11 is 1.58. The van der Waals surface area contributed by atoms with E-state index < -0.39 is 12.1 Å². The molecule has 0 amide bonds. The van der Waals surface area contributed by atoms with E-state index in [1.54, 1.807) is 49.6 Å². The largest absolute Gasteiger partial charge is 0.497 e. The Balaban J connectivity index is 1.61. The number of aryl methyl sites for hydroxylation is 1. The molecule has 0 radical (unpaired) electrons. The standard InChI is InChI=1S/C21H22N2O4S/c1-11-7-8-15-16(9-11)28-20-17(15)19(24)22-18(23-20)12(2)27-21(25)13-5-4-6-14(10-13)26-3/h4-6,10-12H,7-9H2,1-3H3,(H,22,23,24)/t11-,12-/m1/s1. The van der Waals surface area contributed by atoms with Gasteiger partial charge in [0, 0.05) is 4.88 Å². The number of benzene rings is 1. The molecule has 1 N–H and O–H groups in total. The SMILES string of the molecule is COc1cccc(C(=O)O[C@H](C)c2nc3sc4c(c3c(=O)[nH]2)CC[C@@H](C)C4)c1. The molecule has 0 fully saturated rings. The van der Waals surface area contributed by atoms with Gasteiger partial charge in [-0.25, -0.2) is 9.78 Å². The monoisotopic (exact) mass is 398 g/mol. The van der Waals surface area contributed by atoms with Crippen LogP contribution in [0.15, 0.2) is 29.1 Å². The molecule has 4 rings (SSSR count). The number of esters is 1. The topological polar surface area (TPSA) is 81.3 Å². The van der Waals surface area contributed by atoms with Crippen LogP contribution in [0.3, 0.4) is 0 Å². The van der Waals surface area contributed by atoms with Crippen molar-refractivity contribution in [2.45, 2.75) is 39.2 Å². The number of methoxy groups -OCH3 is 1. The Hall–Kier alpha value is -2.67. The van der Waals surface area contributed by atoms with Crippen molar-refractivity contribution in [1.82, 2.24) is 9.97 Å². The van der Waals surface area contributed by atoms with Gasteiger partial charge in [-0.3, -0.25) is 4.79 Å². The summed E-state index contributed by atoms with van der Waals surface area (Å²) in [7, 11) is 1.54. The minimum atomic E-state index is -0.672. The predicted molar refractivity (Wildman–Crippen MR) is 108 cm³/mol. The smallest absolute Gasteiger partial charge is 0.338 e. The molecule has 1 aromatic carbocycles. The summed E-state index contributed by atoms with van der Waals surface area (Å²) in [4.78, 5) is 34.6. The van der Waals surface area contributed by atoms with E-state index >= 15 is 0 Å². The third-order valence-corrected chi connectivity index (χ3v) is 6.31. The van der Waals surface area contributed by atoms with E-state index in [1.165, 1.54) is 4.88 Å². The molecule has 3 aromatic rings. The first-order valence-corrected chi connectivity index (χ1v) is 10.2. The Kier molecular flexibility index (Phi) is 4.93. The number of hydrogen-bond donors (Lipinski definition) is 1.